The van der Waals surface area contributed by atoms with Crippen molar-refractivity contribution in [1.82, 2.24) is 0 Å². The molecule has 12 heavy (non-hydrogen) atoms. The van der Waals surface area contributed by atoms with E-state index in [1.807, 2.05) is 12.1 Å². The Balaban J connectivity index is 2.48. The van der Waals surface area contributed by atoms with E-state index in [9.17, 15) is 0 Å². The van der Waals surface area contributed by atoms with Gasteiger partial charge in [-0.2, -0.15) is 0 Å². The van der Waals surface area contributed by atoms with E-state index in [-0.39, 0.29) is 0 Å². The van der Waals surface area contributed by atoms with E-state index in [0.717, 1.165) is 5.02 Å². The molecule has 0 heterocycles. The van der Waals surface area contributed by atoms with Gasteiger partial charge in [-0.15, -0.1) is 0 Å². The van der Waals surface area contributed by atoms with Crippen LogP contribution in [0, 0.1) is 0 Å². The van der Waals surface area contributed by atoms with Crippen LogP contribution in [-0.2, 0) is 17.3 Å². The second-order valence-corrected chi connectivity index (χ2v) is 5.88. The summed E-state index contributed by atoms with van der Waals surface area (Å²) in [6.45, 7) is 0. The van der Waals surface area contributed by atoms with Gasteiger partial charge in [0.15, 0.2) is 0 Å². The monoisotopic (exact) mass is 201 g/mol. The van der Waals surface area contributed by atoms with Crippen LogP contribution in [-0.4, -0.2) is 18.3 Å². The Bertz CT molecular complexity index is 228. The lowest BCUT2D eigenvalue weighted by Gasteiger charge is -1.98. The standard InChI is InChI=1S/C10H14ClS/c1-12(2)8-7-9-3-5-10(11)6-4-9/h3-6H,7-8H2,1-2H3/q+1. The van der Waals surface area contributed by atoms with Gasteiger partial charge in [-0.05, 0) is 28.6 Å². The van der Waals surface area contributed by atoms with Crippen molar-refractivity contribution in [2.75, 3.05) is 18.3 Å². The maximum Gasteiger partial charge on any atom is 0.111 e. The summed E-state index contributed by atoms with van der Waals surface area (Å²) in [5.74, 6) is 1.28. The highest BCUT2D eigenvalue weighted by Gasteiger charge is 2.02. The minimum atomic E-state index is 0.546. The average molecular weight is 202 g/mol. The molecule has 0 aliphatic rings. The number of halogens is 1. The number of aryl methyl sites for hydroxylation is 1. The van der Waals surface area contributed by atoms with E-state index in [0.29, 0.717) is 10.9 Å². The first-order chi connectivity index (χ1) is 5.68. The van der Waals surface area contributed by atoms with Gasteiger partial charge in [0.05, 0.1) is 12.5 Å². The molecule has 0 unspecified atom stereocenters. The lowest BCUT2D eigenvalue weighted by molar-refractivity contribution is 1.15. The van der Waals surface area contributed by atoms with Crippen LogP contribution >= 0.6 is 11.6 Å². The molecular weight excluding hydrogens is 188 g/mol. The molecule has 0 saturated heterocycles. The fourth-order valence-electron chi connectivity index (χ4n) is 0.973. The van der Waals surface area contributed by atoms with E-state index in [1.165, 1.54) is 17.7 Å². The van der Waals surface area contributed by atoms with E-state index >= 15 is 0 Å². The first kappa shape index (κ1) is 9.94. The fraction of sp³-hybridized carbons (Fsp3) is 0.400. The molecule has 0 radical (unpaired) electrons. The molecule has 0 saturated carbocycles. The fourth-order valence-corrected chi connectivity index (χ4v) is 1.74. The Kier molecular flexibility index (Phi) is 3.96. The zero-order valence-corrected chi connectivity index (χ0v) is 9.08. The quantitative estimate of drug-likeness (QED) is 0.660. The number of hydrogen-bond acceptors (Lipinski definition) is 0. The van der Waals surface area contributed by atoms with Gasteiger partial charge in [-0.25, -0.2) is 0 Å². The van der Waals surface area contributed by atoms with Crippen LogP contribution in [0.3, 0.4) is 0 Å². The van der Waals surface area contributed by atoms with Gasteiger partial charge < -0.3 is 0 Å². The Morgan fingerprint density at radius 3 is 2.25 bits per heavy atom. The van der Waals surface area contributed by atoms with Gasteiger partial charge >= 0.3 is 0 Å². The Hall–Kier alpha value is -0.140. The summed E-state index contributed by atoms with van der Waals surface area (Å²) >= 11 is 5.78. The van der Waals surface area contributed by atoms with Crippen LogP contribution in [0.2, 0.25) is 5.02 Å². The molecule has 0 bridgehead atoms. The van der Waals surface area contributed by atoms with E-state index < -0.39 is 0 Å². The average Bonchev–Trinajstić information content (AvgIpc) is 2.03. The second kappa shape index (κ2) is 4.78. The molecule has 0 amide bonds. The molecule has 0 fully saturated rings. The summed E-state index contributed by atoms with van der Waals surface area (Å²) in [6, 6.07) is 8.13. The van der Waals surface area contributed by atoms with Crippen molar-refractivity contribution in [2.24, 2.45) is 0 Å². The summed E-state index contributed by atoms with van der Waals surface area (Å²) in [4.78, 5) is 0. The zero-order chi connectivity index (χ0) is 8.97. The largest absolute Gasteiger partial charge is 0.111 e. The zero-order valence-electron chi connectivity index (χ0n) is 7.51. The molecule has 0 atom stereocenters. The van der Waals surface area contributed by atoms with Crippen molar-refractivity contribution in [3.63, 3.8) is 0 Å². The predicted molar refractivity (Wildman–Crippen MR) is 59.2 cm³/mol. The summed E-state index contributed by atoms with van der Waals surface area (Å²) in [5, 5.41) is 0.825. The van der Waals surface area contributed by atoms with E-state index in [4.69, 9.17) is 11.6 Å². The van der Waals surface area contributed by atoms with Crippen LogP contribution in [0.25, 0.3) is 0 Å². The molecule has 1 aromatic rings. The van der Waals surface area contributed by atoms with Gasteiger partial charge in [0.25, 0.3) is 0 Å². The molecule has 66 valence electrons. The van der Waals surface area contributed by atoms with Crippen LogP contribution in [0.4, 0.5) is 0 Å². The Labute approximate surface area is 82.3 Å². The summed E-state index contributed by atoms with van der Waals surface area (Å²) in [5.41, 5.74) is 1.39. The van der Waals surface area contributed by atoms with Gasteiger partial charge in [-0.3, -0.25) is 0 Å². The molecule has 0 N–H and O–H groups in total. The molecule has 0 spiro atoms. The molecular formula is C10H14ClS+. The van der Waals surface area contributed by atoms with Gasteiger partial charge in [0.1, 0.15) is 5.75 Å². The molecule has 1 aromatic carbocycles. The number of hydrogen-bond donors (Lipinski definition) is 0. The highest BCUT2D eigenvalue weighted by atomic mass is 35.5. The highest BCUT2D eigenvalue weighted by molar-refractivity contribution is 7.95. The van der Waals surface area contributed by atoms with Crippen LogP contribution in [0.15, 0.2) is 24.3 Å². The second-order valence-electron chi connectivity index (χ2n) is 3.07. The predicted octanol–water partition coefficient (Wildman–Crippen LogP) is 2.76. The summed E-state index contributed by atoms with van der Waals surface area (Å²) < 4.78 is 0. The van der Waals surface area contributed by atoms with Gasteiger partial charge in [-0.1, -0.05) is 23.7 Å². The smallest absolute Gasteiger partial charge is 0.0843 e. The SMILES string of the molecule is C[S+](C)CCc1ccc(Cl)cc1. The Morgan fingerprint density at radius 2 is 1.75 bits per heavy atom. The third kappa shape index (κ3) is 3.51. The summed E-state index contributed by atoms with van der Waals surface area (Å²) in [7, 11) is 0.546. The maximum atomic E-state index is 5.78. The normalized spacial score (nSPS) is 10.7. The lowest BCUT2D eigenvalue weighted by atomic mass is 10.2. The van der Waals surface area contributed by atoms with E-state index in [1.54, 1.807) is 0 Å². The van der Waals surface area contributed by atoms with Crippen molar-refractivity contribution < 1.29 is 0 Å². The number of rotatable bonds is 3. The lowest BCUT2D eigenvalue weighted by Crippen LogP contribution is -2.04. The van der Waals surface area contributed by atoms with Gasteiger partial charge in [0, 0.05) is 11.4 Å². The van der Waals surface area contributed by atoms with Crippen molar-refractivity contribution in [3.8, 4) is 0 Å². The van der Waals surface area contributed by atoms with Crippen LogP contribution in [0.1, 0.15) is 5.56 Å². The number of benzene rings is 1. The molecule has 2 heteroatoms. The molecule has 0 nitrogen and oxygen atoms in total. The summed E-state index contributed by atoms with van der Waals surface area (Å²) in [6.07, 6.45) is 5.72. The third-order valence-corrected chi connectivity index (χ3v) is 2.98. The van der Waals surface area contributed by atoms with Crippen molar-refractivity contribution in [2.45, 2.75) is 6.42 Å². The molecule has 1 rings (SSSR count). The minimum Gasteiger partial charge on any atom is -0.0843 e. The highest BCUT2D eigenvalue weighted by Crippen LogP contribution is 2.10. The van der Waals surface area contributed by atoms with Crippen molar-refractivity contribution >= 4 is 22.5 Å². The van der Waals surface area contributed by atoms with E-state index in [2.05, 4.69) is 24.6 Å². The van der Waals surface area contributed by atoms with Crippen molar-refractivity contribution in [3.05, 3.63) is 34.9 Å². The minimum absolute atomic E-state index is 0.546. The molecule has 0 aromatic heterocycles. The van der Waals surface area contributed by atoms with Crippen molar-refractivity contribution in [1.29, 1.82) is 0 Å². The first-order valence-electron chi connectivity index (χ1n) is 3.97. The third-order valence-electron chi connectivity index (χ3n) is 1.71. The van der Waals surface area contributed by atoms with Gasteiger partial charge in [0.2, 0.25) is 0 Å². The van der Waals surface area contributed by atoms with Crippen LogP contribution < -0.4 is 0 Å². The maximum absolute atomic E-state index is 5.78. The molecule has 0 aliphatic carbocycles. The van der Waals surface area contributed by atoms with Crippen LogP contribution in [0.5, 0.6) is 0 Å². The first-order valence-corrected chi connectivity index (χ1v) is 6.56. The topological polar surface area (TPSA) is 0 Å². The molecule has 0 aliphatic heterocycles. The Morgan fingerprint density at radius 1 is 1.17 bits per heavy atom.